The second-order valence-corrected chi connectivity index (χ2v) is 10.0. The molecule has 0 spiro atoms. The number of aliphatic carboxylic acids is 1. The zero-order chi connectivity index (χ0) is 31.7. The third-order valence-electron chi connectivity index (χ3n) is 6.54. The van der Waals surface area contributed by atoms with E-state index in [2.05, 4.69) is 10.1 Å². The van der Waals surface area contributed by atoms with E-state index in [1.165, 1.54) is 24.3 Å². The molecule has 10 heteroatoms. The first-order chi connectivity index (χ1) is 21.0. The van der Waals surface area contributed by atoms with Crippen molar-refractivity contribution < 1.29 is 42.1 Å². The van der Waals surface area contributed by atoms with Gasteiger partial charge in [0.15, 0.2) is 0 Å². The smallest absolute Gasteiger partial charge is 0.493 e. The van der Waals surface area contributed by atoms with E-state index in [9.17, 15) is 22.8 Å². The Morgan fingerprint density at radius 3 is 1.93 bits per heavy atom. The molecule has 1 amide bonds. The lowest BCUT2D eigenvalue weighted by molar-refractivity contribution is -0.274. The van der Waals surface area contributed by atoms with Gasteiger partial charge in [-0.05, 0) is 66.4 Å². The fourth-order valence-electron chi connectivity index (χ4n) is 4.33. The maximum Gasteiger partial charge on any atom is 0.573 e. The molecular weight excluding hydrogens is 575 g/mol. The Bertz CT molecular complexity index is 1570. The maximum atomic E-state index is 12.7. The first-order valence-corrected chi connectivity index (χ1v) is 14.0. The van der Waals surface area contributed by atoms with Crippen LogP contribution < -0.4 is 19.5 Å². The van der Waals surface area contributed by atoms with Crippen molar-refractivity contribution in [3.05, 3.63) is 102 Å². The fourth-order valence-corrected chi connectivity index (χ4v) is 4.33. The number of alkyl halides is 3. The quantitative estimate of drug-likeness (QED) is 0.161. The first-order valence-electron chi connectivity index (χ1n) is 14.0. The van der Waals surface area contributed by atoms with E-state index in [0.717, 1.165) is 28.7 Å². The summed E-state index contributed by atoms with van der Waals surface area (Å²) in [5, 5.41) is 11.3. The zero-order valence-electron chi connectivity index (χ0n) is 24.2. The number of carboxylic acids is 1. The van der Waals surface area contributed by atoms with Gasteiger partial charge in [0.25, 0.3) is 5.91 Å². The van der Waals surface area contributed by atoms with Crippen molar-refractivity contribution in [2.45, 2.75) is 39.7 Å². The maximum absolute atomic E-state index is 12.7. The summed E-state index contributed by atoms with van der Waals surface area (Å²) in [6.45, 7) is 4.59. The lowest BCUT2D eigenvalue weighted by atomic mass is 9.97. The van der Waals surface area contributed by atoms with Gasteiger partial charge in [0.05, 0.1) is 13.0 Å². The van der Waals surface area contributed by atoms with Gasteiger partial charge in [-0.15, -0.1) is 13.2 Å². The molecule has 7 nitrogen and oxygen atoms in total. The number of benzene rings is 4. The number of aryl methyl sites for hydroxylation is 1. The van der Waals surface area contributed by atoms with Crippen LogP contribution in [0.3, 0.4) is 0 Å². The summed E-state index contributed by atoms with van der Waals surface area (Å²) >= 11 is 0. The molecule has 0 radical (unpaired) electrons. The van der Waals surface area contributed by atoms with Crippen molar-refractivity contribution in [2.75, 3.05) is 13.2 Å². The molecule has 0 saturated heterocycles. The zero-order valence-corrected chi connectivity index (χ0v) is 24.2. The summed E-state index contributed by atoms with van der Waals surface area (Å²) in [6, 6.07) is 23.9. The van der Waals surface area contributed by atoms with Gasteiger partial charge in [0.2, 0.25) is 0 Å². The molecule has 4 rings (SSSR count). The van der Waals surface area contributed by atoms with Crippen LogP contribution in [0.15, 0.2) is 84.9 Å². The second-order valence-electron chi connectivity index (χ2n) is 10.0. The summed E-state index contributed by atoms with van der Waals surface area (Å²) in [4.78, 5) is 23.0. The number of carbonyl (C=O) groups excluding carboxylic acids is 1. The van der Waals surface area contributed by atoms with Crippen molar-refractivity contribution >= 4 is 11.9 Å². The fraction of sp³-hybridized carbons (Fsp3) is 0.235. The predicted molar refractivity (Wildman–Crippen MR) is 160 cm³/mol. The Morgan fingerprint density at radius 1 is 0.818 bits per heavy atom. The van der Waals surface area contributed by atoms with E-state index in [4.69, 9.17) is 14.6 Å². The average molecular weight is 608 g/mol. The van der Waals surface area contributed by atoms with Gasteiger partial charge in [-0.25, -0.2) is 0 Å². The Balaban J connectivity index is 1.65. The van der Waals surface area contributed by atoms with Crippen molar-refractivity contribution in [2.24, 2.45) is 0 Å². The monoisotopic (exact) mass is 607 g/mol. The van der Waals surface area contributed by atoms with Crippen LogP contribution in [0.2, 0.25) is 0 Å². The summed E-state index contributed by atoms with van der Waals surface area (Å²) in [7, 11) is 0. The Labute approximate surface area is 253 Å². The molecule has 44 heavy (non-hydrogen) atoms. The minimum Gasteiger partial charge on any atom is -0.493 e. The summed E-state index contributed by atoms with van der Waals surface area (Å²) in [5.74, 6) is -0.622. The highest BCUT2D eigenvalue weighted by Gasteiger charge is 2.31. The number of nitrogens with one attached hydrogen (secondary N) is 1. The molecular formula is C34H32F3NO6. The standard InChI is InChI=1S/C34H32F3NO6/c1-3-18-42-30-19-29(24-8-4-22(2)5-9-24)31(20-28(30)25-12-14-27(15-13-25)44-34(35,36)37)43-21-23-6-10-26(11-7-23)33(41)38-17-16-32(39)40/h4-15,19-20H,3,16-18,21H2,1-2H3,(H,38,41)(H,39,40). The molecule has 0 atom stereocenters. The van der Waals surface area contributed by atoms with Crippen molar-refractivity contribution in [1.82, 2.24) is 5.32 Å². The normalized spacial score (nSPS) is 11.1. The van der Waals surface area contributed by atoms with Crippen molar-refractivity contribution in [3.8, 4) is 39.5 Å². The van der Waals surface area contributed by atoms with E-state index < -0.39 is 12.3 Å². The lowest BCUT2D eigenvalue weighted by Gasteiger charge is -2.19. The molecule has 4 aromatic rings. The van der Waals surface area contributed by atoms with E-state index in [1.807, 2.05) is 50.2 Å². The van der Waals surface area contributed by atoms with Crippen LogP contribution in [-0.2, 0) is 11.4 Å². The third kappa shape index (κ3) is 9.00. The van der Waals surface area contributed by atoms with Crippen molar-refractivity contribution in [3.63, 3.8) is 0 Å². The van der Waals surface area contributed by atoms with Crippen LogP contribution in [0, 0.1) is 6.92 Å². The van der Waals surface area contributed by atoms with Crippen LogP contribution in [0.1, 0.15) is 41.3 Å². The van der Waals surface area contributed by atoms with E-state index >= 15 is 0 Å². The van der Waals surface area contributed by atoms with E-state index in [0.29, 0.717) is 34.8 Å². The highest BCUT2D eigenvalue weighted by molar-refractivity contribution is 5.94. The lowest BCUT2D eigenvalue weighted by Crippen LogP contribution is -2.25. The van der Waals surface area contributed by atoms with Gasteiger partial charge >= 0.3 is 12.3 Å². The van der Waals surface area contributed by atoms with Gasteiger partial charge in [-0.3, -0.25) is 9.59 Å². The predicted octanol–water partition coefficient (Wildman–Crippen LogP) is 7.80. The van der Waals surface area contributed by atoms with Crippen LogP contribution in [-0.4, -0.2) is 36.5 Å². The molecule has 0 aliphatic rings. The topological polar surface area (TPSA) is 94.1 Å². The van der Waals surface area contributed by atoms with Crippen LogP contribution in [0.5, 0.6) is 17.2 Å². The molecule has 4 aromatic carbocycles. The minimum absolute atomic E-state index is 0.0270. The minimum atomic E-state index is -4.80. The third-order valence-corrected chi connectivity index (χ3v) is 6.54. The first kappa shape index (κ1) is 31.9. The van der Waals surface area contributed by atoms with Gasteiger partial charge in [0, 0.05) is 23.2 Å². The molecule has 0 saturated carbocycles. The average Bonchev–Trinajstić information content (AvgIpc) is 2.99. The Morgan fingerprint density at radius 2 is 1.39 bits per heavy atom. The highest BCUT2D eigenvalue weighted by atomic mass is 19.4. The Kier molecular flexibility index (Phi) is 10.5. The molecule has 0 unspecified atom stereocenters. The van der Waals surface area contributed by atoms with Gasteiger partial charge in [-0.1, -0.05) is 61.0 Å². The molecule has 0 fully saturated rings. The number of hydrogen-bond donors (Lipinski definition) is 2. The molecule has 0 aliphatic carbocycles. The van der Waals surface area contributed by atoms with Crippen LogP contribution in [0.25, 0.3) is 22.3 Å². The molecule has 230 valence electrons. The summed E-state index contributed by atoms with van der Waals surface area (Å²) in [5.41, 5.74) is 5.16. The summed E-state index contributed by atoms with van der Waals surface area (Å²) in [6.07, 6.45) is -4.21. The second kappa shape index (κ2) is 14.5. The molecule has 0 aromatic heterocycles. The molecule has 2 N–H and O–H groups in total. The van der Waals surface area contributed by atoms with Gasteiger partial charge < -0.3 is 24.6 Å². The molecule has 0 bridgehead atoms. The number of carbonyl (C=O) groups is 2. The van der Waals surface area contributed by atoms with Gasteiger partial charge in [-0.2, -0.15) is 0 Å². The highest BCUT2D eigenvalue weighted by Crippen LogP contribution is 2.42. The molecule has 0 heterocycles. The van der Waals surface area contributed by atoms with E-state index in [1.54, 1.807) is 24.3 Å². The number of ether oxygens (including phenoxy) is 3. The molecule has 0 aliphatic heterocycles. The number of rotatable bonds is 13. The van der Waals surface area contributed by atoms with E-state index in [-0.39, 0.29) is 31.2 Å². The number of halogens is 3. The van der Waals surface area contributed by atoms with Crippen LogP contribution in [0.4, 0.5) is 13.2 Å². The SMILES string of the molecule is CCCOc1cc(-c2ccc(C)cc2)c(OCc2ccc(C(=O)NCCC(=O)O)cc2)cc1-c1ccc(OC(F)(F)F)cc1. The van der Waals surface area contributed by atoms with Crippen molar-refractivity contribution in [1.29, 1.82) is 0 Å². The number of hydrogen-bond acceptors (Lipinski definition) is 5. The number of amides is 1. The van der Waals surface area contributed by atoms with Gasteiger partial charge in [0.1, 0.15) is 23.9 Å². The Hall–Kier alpha value is -4.99. The van der Waals surface area contributed by atoms with Crippen LogP contribution >= 0.6 is 0 Å². The number of carboxylic acid groups (broad SMARTS) is 1. The largest absolute Gasteiger partial charge is 0.573 e. The summed E-state index contributed by atoms with van der Waals surface area (Å²) < 4.78 is 54.6.